The van der Waals surface area contributed by atoms with Crippen LogP contribution in [0.4, 0.5) is 19.0 Å². The summed E-state index contributed by atoms with van der Waals surface area (Å²) in [5.41, 5.74) is 6.99. The molecule has 10 nitrogen and oxygen atoms in total. The van der Waals surface area contributed by atoms with Crippen LogP contribution in [0.2, 0.25) is 30.7 Å². The van der Waals surface area contributed by atoms with Crippen LogP contribution in [-0.2, 0) is 33.5 Å². The Balaban J connectivity index is 1.03. The molecule has 290 valence electrons. The van der Waals surface area contributed by atoms with Crippen LogP contribution in [-0.4, -0.2) is 80.8 Å². The predicted octanol–water partition coefficient (Wildman–Crippen LogP) is 8.41. The number of hydrogen-bond donors (Lipinski definition) is 1. The van der Waals surface area contributed by atoms with Gasteiger partial charge in [-0.05, 0) is 83.0 Å². The molecule has 7 rings (SSSR count). The summed E-state index contributed by atoms with van der Waals surface area (Å²) in [4.78, 5) is 16.1. The number of nitrogen functional groups attached to an aromatic ring is 1. The van der Waals surface area contributed by atoms with E-state index in [1.54, 1.807) is 0 Å². The standard InChI is InChI=1S/C38H53ClF3N7O3Si/c1-22(2)47(19-25-15-31(34-33(25)51-37(3,4)52-34)48-9-8-26-35(43)44-20-45-36(26)48)18-24-12-23(13-24)14-32-46-29-16-27(38(40,41)42)28(39)17-30(29)49(32)21-50-10-11-53(5,6)7/h8-9,16-17,20,22-25,31,33-34H,10-15,18-19,21H2,1-7H3,(H2,43,44,45)/t23?,24?,25-,31-,33-,34?/m1/s1. The minimum Gasteiger partial charge on any atom is -0.383 e. The molecule has 1 unspecified atom stereocenters. The molecule has 1 aromatic carbocycles. The average Bonchev–Trinajstić information content (AvgIpc) is 3.77. The number of fused-ring (bicyclic) bond motifs is 3. The van der Waals surface area contributed by atoms with E-state index in [-0.39, 0.29) is 35.9 Å². The molecule has 4 heterocycles. The number of hydrogen-bond acceptors (Lipinski definition) is 8. The van der Waals surface area contributed by atoms with Crippen LogP contribution < -0.4 is 5.73 Å². The van der Waals surface area contributed by atoms with Crippen molar-refractivity contribution in [2.75, 3.05) is 25.4 Å². The van der Waals surface area contributed by atoms with Gasteiger partial charge in [0.25, 0.3) is 0 Å². The largest absolute Gasteiger partial charge is 0.417 e. The van der Waals surface area contributed by atoms with Crippen molar-refractivity contribution in [2.24, 2.45) is 17.8 Å². The van der Waals surface area contributed by atoms with Crippen LogP contribution in [0.1, 0.15) is 64.4 Å². The third-order valence-electron chi connectivity index (χ3n) is 11.4. The second kappa shape index (κ2) is 14.4. The lowest BCUT2D eigenvalue weighted by Crippen LogP contribution is -2.44. The molecule has 4 aromatic rings. The van der Waals surface area contributed by atoms with Crippen LogP contribution in [0, 0.1) is 17.8 Å². The Kier molecular flexibility index (Phi) is 10.5. The molecule has 2 N–H and O–H groups in total. The summed E-state index contributed by atoms with van der Waals surface area (Å²) in [5, 5.41) is 0.518. The normalized spacial score (nSPS) is 26.0. The highest BCUT2D eigenvalue weighted by Gasteiger charge is 2.55. The van der Waals surface area contributed by atoms with Crippen LogP contribution in [0.15, 0.2) is 30.7 Å². The second-order valence-corrected chi connectivity index (χ2v) is 23.5. The third-order valence-corrected chi connectivity index (χ3v) is 13.4. The van der Waals surface area contributed by atoms with Crippen molar-refractivity contribution in [1.82, 2.24) is 29.0 Å². The van der Waals surface area contributed by atoms with E-state index in [4.69, 9.17) is 36.5 Å². The first-order valence-corrected chi connectivity index (χ1v) is 23.0. The monoisotopic (exact) mass is 775 g/mol. The smallest absolute Gasteiger partial charge is 0.383 e. The van der Waals surface area contributed by atoms with Crippen LogP contribution in [0.5, 0.6) is 0 Å². The third kappa shape index (κ3) is 8.14. The van der Waals surface area contributed by atoms with Gasteiger partial charge < -0.3 is 34.0 Å². The Morgan fingerprint density at radius 3 is 2.51 bits per heavy atom. The molecule has 53 heavy (non-hydrogen) atoms. The first-order chi connectivity index (χ1) is 24.9. The topological polar surface area (TPSA) is 105 Å². The summed E-state index contributed by atoms with van der Waals surface area (Å²) in [6.07, 6.45) is 2.47. The molecule has 3 aliphatic rings. The van der Waals surface area contributed by atoms with E-state index in [0.717, 1.165) is 61.3 Å². The van der Waals surface area contributed by atoms with Crippen molar-refractivity contribution >= 4 is 47.6 Å². The second-order valence-electron chi connectivity index (χ2n) is 17.4. The molecule has 0 spiro atoms. The highest BCUT2D eigenvalue weighted by atomic mass is 35.5. The van der Waals surface area contributed by atoms with Crippen molar-refractivity contribution in [3.05, 3.63) is 47.1 Å². The quantitative estimate of drug-likeness (QED) is 0.107. The van der Waals surface area contributed by atoms with Crippen molar-refractivity contribution in [3.63, 3.8) is 0 Å². The molecular formula is C38H53ClF3N7O3Si. The summed E-state index contributed by atoms with van der Waals surface area (Å²) in [6.45, 7) is 18.0. The zero-order chi connectivity index (χ0) is 38.0. The van der Waals surface area contributed by atoms with Gasteiger partial charge in [-0.2, -0.15) is 13.2 Å². The van der Waals surface area contributed by atoms with E-state index in [0.29, 0.717) is 47.8 Å². The Hall–Kier alpha value is -2.75. The first-order valence-electron chi connectivity index (χ1n) is 18.9. The van der Waals surface area contributed by atoms with E-state index >= 15 is 0 Å². The zero-order valence-corrected chi connectivity index (χ0v) is 33.5. The van der Waals surface area contributed by atoms with Crippen LogP contribution >= 0.6 is 11.6 Å². The lowest BCUT2D eigenvalue weighted by Gasteiger charge is -2.41. The van der Waals surface area contributed by atoms with Crippen LogP contribution in [0.25, 0.3) is 22.1 Å². The number of nitrogens with two attached hydrogens (primary N) is 1. The average molecular weight is 776 g/mol. The van der Waals surface area contributed by atoms with Gasteiger partial charge in [-0.1, -0.05) is 31.2 Å². The van der Waals surface area contributed by atoms with Crippen molar-refractivity contribution in [3.8, 4) is 0 Å². The number of aromatic nitrogens is 5. The number of anilines is 1. The Morgan fingerprint density at radius 1 is 1.08 bits per heavy atom. The van der Waals surface area contributed by atoms with Gasteiger partial charge in [-0.15, -0.1) is 0 Å². The maximum Gasteiger partial charge on any atom is 0.417 e. The van der Waals surface area contributed by atoms with Gasteiger partial charge in [0.15, 0.2) is 5.79 Å². The lowest BCUT2D eigenvalue weighted by molar-refractivity contribution is -0.161. The van der Waals surface area contributed by atoms with Gasteiger partial charge in [0.05, 0.1) is 39.2 Å². The zero-order valence-electron chi connectivity index (χ0n) is 31.8. The highest BCUT2D eigenvalue weighted by molar-refractivity contribution is 6.76. The first kappa shape index (κ1) is 38.5. The summed E-state index contributed by atoms with van der Waals surface area (Å²) in [5.74, 6) is 1.70. The highest BCUT2D eigenvalue weighted by Crippen LogP contribution is 2.48. The van der Waals surface area contributed by atoms with E-state index in [9.17, 15) is 13.2 Å². The van der Waals surface area contributed by atoms with Gasteiger partial charge in [-0.25, -0.2) is 15.0 Å². The maximum absolute atomic E-state index is 13.7. The molecule has 0 radical (unpaired) electrons. The fourth-order valence-corrected chi connectivity index (χ4v) is 9.61. The predicted molar refractivity (Wildman–Crippen MR) is 203 cm³/mol. The van der Waals surface area contributed by atoms with Gasteiger partial charge in [0.1, 0.15) is 36.5 Å². The molecule has 0 bridgehead atoms. The van der Waals surface area contributed by atoms with Gasteiger partial charge in [0.2, 0.25) is 0 Å². The van der Waals surface area contributed by atoms with E-state index in [1.807, 2.05) is 30.7 Å². The summed E-state index contributed by atoms with van der Waals surface area (Å²) < 4.78 is 64.5. The Labute approximate surface area is 315 Å². The van der Waals surface area contributed by atoms with Gasteiger partial charge >= 0.3 is 6.18 Å². The minimum absolute atomic E-state index is 0.0469. The van der Waals surface area contributed by atoms with E-state index < -0.39 is 25.6 Å². The number of nitrogens with zero attached hydrogens (tertiary/aromatic N) is 6. The molecule has 4 atom stereocenters. The molecule has 0 amide bonds. The summed E-state index contributed by atoms with van der Waals surface area (Å²) >= 11 is 6.17. The molecule has 2 aliphatic carbocycles. The number of rotatable bonds is 13. The summed E-state index contributed by atoms with van der Waals surface area (Å²) in [7, 11) is -1.31. The Bertz CT molecular complexity index is 1940. The van der Waals surface area contributed by atoms with E-state index in [1.165, 1.54) is 12.4 Å². The number of halogens is 4. The summed E-state index contributed by atoms with van der Waals surface area (Å²) in [6, 6.07) is 5.84. The molecular weight excluding hydrogens is 723 g/mol. The minimum atomic E-state index is -4.56. The molecule has 3 fully saturated rings. The molecule has 1 aliphatic heterocycles. The molecule has 1 saturated heterocycles. The van der Waals surface area contributed by atoms with Crippen molar-refractivity contribution < 1.29 is 27.4 Å². The van der Waals surface area contributed by atoms with Crippen LogP contribution in [0.3, 0.4) is 0 Å². The van der Waals surface area contributed by atoms with E-state index in [2.05, 4.69) is 52.9 Å². The van der Waals surface area contributed by atoms with Gasteiger partial charge in [-0.3, -0.25) is 0 Å². The molecule has 15 heteroatoms. The number of imidazole rings is 1. The Morgan fingerprint density at radius 2 is 1.81 bits per heavy atom. The fraction of sp³-hybridized carbons (Fsp3) is 0.658. The lowest BCUT2D eigenvalue weighted by atomic mass is 9.72. The van der Waals surface area contributed by atoms with Crippen molar-refractivity contribution in [1.29, 1.82) is 0 Å². The maximum atomic E-state index is 13.7. The van der Waals surface area contributed by atoms with Gasteiger partial charge in [0, 0.05) is 52.3 Å². The number of ether oxygens (including phenoxy) is 3. The SMILES string of the molecule is CC(C)N(CC1CC(Cc2nc3cc(C(F)(F)F)c(Cl)cc3n2COCC[Si](C)(C)C)C1)C[C@H]1C[C@@H](n2ccc3c(N)ncnc32)C2OC(C)(C)O[C@@H]21. The fourth-order valence-electron chi connectivity index (χ4n) is 8.59. The number of alkyl halides is 3. The number of benzene rings is 1. The molecule has 2 saturated carbocycles. The molecule has 3 aromatic heterocycles. The van der Waals surface area contributed by atoms with Crippen molar-refractivity contribution in [2.45, 2.75) is 122 Å².